The molecule has 1 atom stereocenters. The molecule has 1 aromatic rings. The Hall–Kier alpha value is -1.07. The van der Waals surface area contributed by atoms with Gasteiger partial charge in [-0.3, -0.25) is 0 Å². The van der Waals surface area contributed by atoms with Crippen molar-refractivity contribution in [1.29, 1.82) is 0 Å². The van der Waals surface area contributed by atoms with Crippen LogP contribution in [0.4, 0.5) is 4.79 Å². The highest BCUT2D eigenvalue weighted by Crippen LogP contribution is 2.16. The minimum atomic E-state index is -0.745. The number of alkyl carbamates (subject to hydrolysis) is 1. The minimum absolute atomic E-state index is 0.122. The van der Waals surface area contributed by atoms with Crippen molar-refractivity contribution in [2.24, 2.45) is 0 Å². The van der Waals surface area contributed by atoms with Crippen molar-refractivity contribution < 1.29 is 14.6 Å². The van der Waals surface area contributed by atoms with E-state index in [0.717, 1.165) is 10.0 Å². The van der Waals surface area contributed by atoms with Crippen molar-refractivity contribution in [3.8, 4) is 0 Å². The van der Waals surface area contributed by atoms with Crippen LogP contribution >= 0.6 is 15.9 Å². The standard InChI is InChI=1S/C13H18BrNO3/c1-13(2,3)18-12(17)15-8-11(16)9-4-6-10(14)7-5-9/h4-7,11,16H,8H2,1-3H3,(H,15,17)/t11-/m0/s1. The Morgan fingerprint density at radius 3 is 2.44 bits per heavy atom. The van der Waals surface area contributed by atoms with Crippen LogP contribution in [0.1, 0.15) is 32.4 Å². The predicted molar refractivity (Wildman–Crippen MR) is 73.3 cm³/mol. The lowest BCUT2D eigenvalue weighted by Gasteiger charge is -2.20. The van der Waals surface area contributed by atoms with Crippen LogP contribution in [0.25, 0.3) is 0 Å². The quantitative estimate of drug-likeness (QED) is 0.901. The number of aliphatic hydroxyl groups excluding tert-OH is 1. The van der Waals surface area contributed by atoms with Crippen LogP contribution in [0.2, 0.25) is 0 Å². The van der Waals surface area contributed by atoms with Crippen molar-refractivity contribution in [1.82, 2.24) is 5.32 Å². The summed E-state index contributed by atoms with van der Waals surface area (Å²) < 4.78 is 6.02. The van der Waals surface area contributed by atoms with Crippen molar-refractivity contribution >= 4 is 22.0 Å². The third kappa shape index (κ3) is 5.51. The highest BCUT2D eigenvalue weighted by atomic mass is 79.9. The van der Waals surface area contributed by atoms with Crippen molar-refractivity contribution in [2.75, 3.05) is 6.54 Å². The van der Waals surface area contributed by atoms with E-state index in [1.807, 2.05) is 12.1 Å². The van der Waals surface area contributed by atoms with Gasteiger partial charge in [-0.1, -0.05) is 28.1 Å². The molecule has 0 heterocycles. The summed E-state index contributed by atoms with van der Waals surface area (Å²) in [6.45, 7) is 5.49. The highest BCUT2D eigenvalue weighted by molar-refractivity contribution is 9.10. The number of hydrogen-bond donors (Lipinski definition) is 2. The number of carbonyl (C=O) groups excluding carboxylic acids is 1. The number of hydrogen-bond acceptors (Lipinski definition) is 3. The molecule has 0 aromatic heterocycles. The summed E-state index contributed by atoms with van der Waals surface area (Å²) in [6, 6.07) is 7.27. The van der Waals surface area contributed by atoms with E-state index in [4.69, 9.17) is 4.74 Å². The van der Waals surface area contributed by atoms with Crippen LogP contribution in [0.3, 0.4) is 0 Å². The average molecular weight is 316 g/mol. The first-order chi connectivity index (χ1) is 8.28. The molecule has 4 nitrogen and oxygen atoms in total. The average Bonchev–Trinajstić information content (AvgIpc) is 2.24. The molecule has 18 heavy (non-hydrogen) atoms. The Bertz CT molecular complexity index is 398. The van der Waals surface area contributed by atoms with Gasteiger partial charge < -0.3 is 15.2 Å². The van der Waals surface area contributed by atoms with Gasteiger partial charge in [-0.05, 0) is 38.5 Å². The summed E-state index contributed by atoms with van der Waals surface area (Å²) >= 11 is 3.32. The zero-order chi connectivity index (χ0) is 13.8. The first-order valence-electron chi connectivity index (χ1n) is 5.68. The summed E-state index contributed by atoms with van der Waals surface area (Å²) in [5.41, 5.74) is 0.210. The number of nitrogens with one attached hydrogen (secondary N) is 1. The van der Waals surface area contributed by atoms with E-state index in [2.05, 4.69) is 21.2 Å². The Balaban J connectivity index is 2.44. The summed E-state index contributed by atoms with van der Waals surface area (Å²) in [4.78, 5) is 11.4. The summed E-state index contributed by atoms with van der Waals surface area (Å²) in [6.07, 6.45) is -1.27. The highest BCUT2D eigenvalue weighted by Gasteiger charge is 2.17. The van der Waals surface area contributed by atoms with Gasteiger partial charge >= 0.3 is 6.09 Å². The molecule has 0 aliphatic carbocycles. The van der Waals surface area contributed by atoms with Gasteiger partial charge in [0.05, 0.1) is 12.6 Å². The van der Waals surface area contributed by atoms with E-state index >= 15 is 0 Å². The summed E-state index contributed by atoms with van der Waals surface area (Å²) in [5, 5.41) is 12.4. The Labute approximate surface area is 115 Å². The Kier molecular flexibility index (Phi) is 5.16. The summed E-state index contributed by atoms with van der Waals surface area (Å²) in [5.74, 6) is 0. The minimum Gasteiger partial charge on any atom is -0.444 e. The smallest absolute Gasteiger partial charge is 0.407 e. The number of rotatable bonds is 3. The lowest BCUT2D eigenvalue weighted by atomic mass is 10.1. The normalized spacial score (nSPS) is 12.9. The zero-order valence-electron chi connectivity index (χ0n) is 10.7. The van der Waals surface area contributed by atoms with Gasteiger partial charge in [0, 0.05) is 4.47 Å². The molecule has 1 amide bonds. The third-order valence-corrected chi connectivity index (χ3v) is 2.62. The van der Waals surface area contributed by atoms with Crippen LogP contribution in [0, 0.1) is 0 Å². The molecule has 1 aromatic carbocycles. The first-order valence-corrected chi connectivity index (χ1v) is 6.47. The Morgan fingerprint density at radius 2 is 1.94 bits per heavy atom. The number of amides is 1. The molecule has 2 N–H and O–H groups in total. The van der Waals surface area contributed by atoms with Crippen LogP contribution < -0.4 is 5.32 Å². The fourth-order valence-electron chi connectivity index (χ4n) is 1.30. The van der Waals surface area contributed by atoms with Gasteiger partial charge in [-0.15, -0.1) is 0 Å². The molecule has 0 saturated carbocycles. The molecule has 0 bridgehead atoms. The molecule has 0 aliphatic rings. The van der Waals surface area contributed by atoms with E-state index in [-0.39, 0.29) is 6.54 Å². The second-order valence-electron chi connectivity index (χ2n) is 4.95. The van der Waals surface area contributed by atoms with E-state index in [1.165, 1.54) is 0 Å². The van der Waals surface area contributed by atoms with Crippen LogP contribution in [0.5, 0.6) is 0 Å². The lowest BCUT2D eigenvalue weighted by molar-refractivity contribution is 0.0492. The van der Waals surface area contributed by atoms with Gasteiger partial charge in [-0.25, -0.2) is 4.79 Å². The summed E-state index contributed by atoms with van der Waals surface area (Å²) in [7, 11) is 0. The van der Waals surface area contributed by atoms with E-state index in [9.17, 15) is 9.90 Å². The molecule has 0 fully saturated rings. The molecule has 5 heteroatoms. The zero-order valence-corrected chi connectivity index (χ0v) is 12.3. The largest absolute Gasteiger partial charge is 0.444 e. The number of benzene rings is 1. The van der Waals surface area contributed by atoms with Gasteiger partial charge in [0.1, 0.15) is 5.60 Å². The molecular formula is C13H18BrNO3. The SMILES string of the molecule is CC(C)(C)OC(=O)NC[C@H](O)c1ccc(Br)cc1. The van der Waals surface area contributed by atoms with Crippen LogP contribution in [0.15, 0.2) is 28.7 Å². The van der Waals surface area contributed by atoms with E-state index < -0.39 is 17.8 Å². The fourth-order valence-corrected chi connectivity index (χ4v) is 1.56. The second kappa shape index (κ2) is 6.20. The molecule has 1 rings (SSSR count). The van der Waals surface area contributed by atoms with Gasteiger partial charge in [0.15, 0.2) is 0 Å². The van der Waals surface area contributed by atoms with Crippen molar-refractivity contribution in [3.63, 3.8) is 0 Å². The maximum Gasteiger partial charge on any atom is 0.407 e. The molecular weight excluding hydrogens is 298 g/mol. The topological polar surface area (TPSA) is 58.6 Å². The predicted octanol–water partition coefficient (Wildman–Crippen LogP) is 3.01. The second-order valence-corrected chi connectivity index (χ2v) is 5.87. The number of carbonyl (C=O) groups is 1. The number of ether oxygens (including phenoxy) is 1. The van der Waals surface area contributed by atoms with Gasteiger partial charge in [0.2, 0.25) is 0 Å². The van der Waals surface area contributed by atoms with Gasteiger partial charge in [-0.2, -0.15) is 0 Å². The molecule has 0 aliphatic heterocycles. The molecule has 100 valence electrons. The maximum atomic E-state index is 11.4. The van der Waals surface area contributed by atoms with Gasteiger partial charge in [0.25, 0.3) is 0 Å². The monoisotopic (exact) mass is 315 g/mol. The molecule has 0 radical (unpaired) electrons. The van der Waals surface area contributed by atoms with Crippen molar-refractivity contribution in [3.05, 3.63) is 34.3 Å². The lowest BCUT2D eigenvalue weighted by Crippen LogP contribution is -2.34. The fraction of sp³-hybridized carbons (Fsp3) is 0.462. The van der Waals surface area contributed by atoms with E-state index in [1.54, 1.807) is 32.9 Å². The van der Waals surface area contributed by atoms with Crippen LogP contribution in [-0.4, -0.2) is 23.3 Å². The number of aliphatic hydroxyl groups is 1. The Morgan fingerprint density at radius 1 is 1.39 bits per heavy atom. The van der Waals surface area contributed by atoms with Crippen LogP contribution in [-0.2, 0) is 4.74 Å². The molecule has 0 saturated heterocycles. The number of halogens is 1. The third-order valence-electron chi connectivity index (χ3n) is 2.09. The molecule has 0 unspecified atom stereocenters. The maximum absolute atomic E-state index is 11.4. The van der Waals surface area contributed by atoms with E-state index in [0.29, 0.717) is 0 Å². The van der Waals surface area contributed by atoms with Crippen molar-refractivity contribution in [2.45, 2.75) is 32.5 Å². The molecule has 0 spiro atoms. The first kappa shape index (κ1) is 15.0.